The lowest BCUT2D eigenvalue weighted by atomic mass is 10.0. The minimum Gasteiger partial charge on any atom is -0.481 e. The zero-order valence-electron chi connectivity index (χ0n) is 54.3. The Morgan fingerprint density at radius 1 is 0.370 bits per heavy atom. The number of hydrogen-bond donors (Lipinski definition) is 21. The first-order valence-corrected chi connectivity index (χ1v) is 30.6. The van der Waals surface area contributed by atoms with E-state index in [4.69, 9.17) is 22.3 Å². The third-order valence-corrected chi connectivity index (χ3v) is 14.2. The number of aliphatic hydroxyl groups excluding tert-OH is 1. The summed E-state index contributed by atoms with van der Waals surface area (Å²) < 4.78 is 0. The van der Waals surface area contributed by atoms with E-state index in [2.05, 4.69) is 53.2 Å². The number of carboxylic acids is 5. The predicted octanol–water partition coefficient (Wildman–Crippen LogP) is -8.55. The Morgan fingerprint density at radius 3 is 1.12 bits per heavy atom. The number of carbonyl (C=O) groups is 19. The summed E-state index contributed by atoms with van der Waals surface area (Å²) in [5.41, 5.74) is 17.2. The highest BCUT2D eigenvalue weighted by Gasteiger charge is 2.37. The topological polar surface area (TPSA) is 668 Å². The first-order valence-electron chi connectivity index (χ1n) is 30.6. The maximum atomic E-state index is 14.2. The Balaban J connectivity index is 2.42. The molecule has 0 saturated heterocycles. The van der Waals surface area contributed by atoms with Crippen molar-refractivity contribution in [2.45, 2.75) is 158 Å². The molecule has 0 aliphatic rings. The van der Waals surface area contributed by atoms with Crippen molar-refractivity contribution in [3.63, 3.8) is 0 Å². The van der Waals surface area contributed by atoms with Crippen molar-refractivity contribution in [3.05, 3.63) is 71.8 Å². The minimum atomic E-state index is -2.27. The molecule has 0 aromatic heterocycles. The van der Waals surface area contributed by atoms with E-state index in [1.807, 2.05) is 10.6 Å². The van der Waals surface area contributed by atoms with E-state index in [9.17, 15) is 117 Å². The van der Waals surface area contributed by atoms with Crippen molar-refractivity contribution in [1.82, 2.24) is 63.8 Å². The van der Waals surface area contributed by atoms with Gasteiger partial charge in [-0.2, -0.15) is 0 Å². The predicted molar refractivity (Wildman–Crippen MR) is 339 cm³/mol. The Bertz CT molecular complexity index is 3300. The fourth-order valence-electron chi connectivity index (χ4n) is 8.87. The van der Waals surface area contributed by atoms with Crippen LogP contribution in [0.3, 0.4) is 0 Å². The van der Waals surface area contributed by atoms with Gasteiger partial charge in [-0.15, -0.1) is 0 Å². The van der Waals surface area contributed by atoms with Crippen LogP contribution in [-0.2, 0) is 104 Å². The molecular weight excluding hydrogens is 1330 g/mol. The number of aliphatic hydroxyl groups is 1. The van der Waals surface area contributed by atoms with Crippen molar-refractivity contribution < 1.29 is 122 Å². The molecular formula is C60H83N15O25. The smallest absolute Gasteiger partial charge is 0.325 e. The van der Waals surface area contributed by atoms with Gasteiger partial charge in [0, 0.05) is 32.1 Å². The van der Waals surface area contributed by atoms with Gasteiger partial charge in [0.05, 0.1) is 45.0 Å². The van der Waals surface area contributed by atoms with Gasteiger partial charge in [-0.3, -0.25) is 91.1 Å². The van der Waals surface area contributed by atoms with E-state index in [-0.39, 0.29) is 19.3 Å². The molecule has 2 aromatic carbocycles. The number of amides is 14. The first-order chi connectivity index (χ1) is 46.9. The second-order valence-electron chi connectivity index (χ2n) is 22.7. The van der Waals surface area contributed by atoms with Gasteiger partial charge >= 0.3 is 29.8 Å². The summed E-state index contributed by atoms with van der Waals surface area (Å²) in [7, 11) is 0. The van der Waals surface area contributed by atoms with Crippen molar-refractivity contribution in [3.8, 4) is 0 Å². The molecule has 0 unspecified atom stereocenters. The van der Waals surface area contributed by atoms with Gasteiger partial charge in [0.25, 0.3) is 0 Å². The number of nitrogens with two attached hydrogens (primary N) is 3. The lowest BCUT2D eigenvalue weighted by Gasteiger charge is -2.27. The van der Waals surface area contributed by atoms with Gasteiger partial charge in [-0.1, -0.05) is 74.5 Å². The highest BCUT2D eigenvalue weighted by atomic mass is 16.4. The van der Waals surface area contributed by atoms with Crippen LogP contribution in [0.2, 0.25) is 0 Å². The number of primary amides is 2. The number of carboxylic acid groups (broad SMARTS) is 5. The van der Waals surface area contributed by atoms with Crippen LogP contribution in [0.15, 0.2) is 60.7 Å². The minimum absolute atomic E-state index is 0.245. The Labute approximate surface area is 568 Å². The fourth-order valence-corrected chi connectivity index (χ4v) is 8.87. The Kier molecular flexibility index (Phi) is 36.1. The Morgan fingerprint density at radius 2 is 0.710 bits per heavy atom. The molecule has 0 radical (unpaired) electrons. The molecule has 0 spiro atoms. The van der Waals surface area contributed by atoms with Crippen molar-refractivity contribution in [1.29, 1.82) is 0 Å². The highest BCUT2D eigenvalue weighted by Crippen LogP contribution is 2.11. The van der Waals surface area contributed by atoms with E-state index in [0.717, 1.165) is 6.92 Å². The van der Waals surface area contributed by atoms with E-state index >= 15 is 0 Å². The Hall–Kier alpha value is -11.7. The third-order valence-electron chi connectivity index (χ3n) is 14.2. The van der Waals surface area contributed by atoms with E-state index in [1.54, 1.807) is 60.7 Å². The average Bonchev–Trinajstić information content (AvgIpc) is 0.862. The lowest BCUT2D eigenvalue weighted by Crippen LogP contribution is -2.61. The van der Waals surface area contributed by atoms with Crippen LogP contribution in [0.5, 0.6) is 0 Å². The number of rotatable bonds is 46. The standard InChI is InChI=1S/C60H83N15O25/c1-28(2)49(75-44(80)26-64-50(89)32(61)14-17-45(81)82)59(98)73-38(23-42(63)78)56(95)72-39(24-48(87)88)57(96)71-37(22-41(62)77)55(94)69-34(16-19-47(85)86)52(91)68-33(15-18-46(83)84)51(90)65-25-43(79)67-35(20-30-10-6-4-7-11-30)53(92)70-36(21-31-12-8-5-9-13-31)54(93)74-40(27-76)58(97)66-29(3)60(99)100/h4-13,28-29,32-40,49,76H,14-27,61H2,1-3H3,(H2,62,77)(H2,63,78)(H,64,89)(H,65,90)(H,66,97)(H,67,79)(H,68,91)(H,69,94)(H,70,92)(H,71,96)(H,72,95)(H,73,98)(H,74,93)(H,75,80)(H,81,82)(H,83,84)(H,85,86)(H,87,88)(H,99,100)/t29-,32-,33-,34-,35-,36-,37-,38-,39-,40-,49-/m0/s1. The van der Waals surface area contributed by atoms with Gasteiger partial charge < -0.3 is 112 Å². The van der Waals surface area contributed by atoms with Crippen molar-refractivity contribution in [2.75, 3.05) is 19.7 Å². The van der Waals surface area contributed by atoms with Gasteiger partial charge in [0.15, 0.2) is 0 Å². The number of hydrogen-bond acceptors (Lipinski definition) is 21. The molecule has 11 atom stereocenters. The van der Waals surface area contributed by atoms with Crippen molar-refractivity contribution >= 4 is 113 Å². The molecule has 40 heteroatoms. The van der Waals surface area contributed by atoms with Crippen LogP contribution in [-0.4, -0.2) is 229 Å². The van der Waals surface area contributed by atoms with Crippen LogP contribution in [0.1, 0.15) is 89.7 Å². The summed E-state index contributed by atoms with van der Waals surface area (Å²) in [4.78, 5) is 245. The largest absolute Gasteiger partial charge is 0.481 e. The molecule has 548 valence electrons. The third kappa shape index (κ3) is 32.4. The van der Waals surface area contributed by atoms with E-state index in [0.29, 0.717) is 11.1 Å². The SMILES string of the molecule is CC(C)[C@H](NC(=O)CNC(=O)[C@@H](N)CCC(=O)O)C(=O)N[C@@H](CC(N)=O)C(=O)N[C@@H](CC(=O)O)C(=O)N[C@@H](CC(N)=O)C(=O)N[C@@H](CCC(=O)O)C(=O)N[C@@H](CCC(=O)O)C(=O)NCC(=O)N[C@@H](Cc1ccccc1)C(=O)N[C@@H](Cc1ccccc1)C(=O)N[C@@H](CO)C(=O)N[C@@H](C)C(=O)O. The molecule has 2 rings (SSSR count). The maximum Gasteiger partial charge on any atom is 0.325 e. The molecule has 14 amide bonds. The molecule has 0 aliphatic carbocycles. The van der Waals surface area contributed by atoms with Crippen molar-refractivity contribution in [2.24, 2.45) is 23.1 Å². The number of nitrogens with one attached hydrogen (secondary N) is 12. The van der Waals surface area contributed by atoms with Gasteiger partial charge in [0.1, 0.15) is 60.4 Å². The lowest BCUT2D eigenvalue weighted by molar-refractivity contribution is -0.142. The number of benzene rings is 2. The van der Waals surface area contributed by atoms with Crippen LogP contribution < -0.4 is 81.0 Å². The molecule has 40 nitrogen and oxygen atoms in total. The normalized spacial score (nSPS) is 14.1. The molecule has 24 N–H and O–H groups in total. The molecule has 0 heterocycles. The van der Waals surface area contributed by atoms with E-state index in [1.165, 1.54) is 13.8 Å². The van der Waals surface area contributed by atoms with Gasteiger partial charge in [-0.05, 0) is 43.2 Å². The van der Waals surface area contributed by atoms with Crippen LogP contribution in [0, 0.1) is 5.92 Å². The summed E-state index contributed by atoms with van der Waals surface area (Å²) in [6.45, 7) is 1.14. The maximum absolute atomic E-state index is 14.2. The first kappa shape index (κ1) is 84.4. The quantitative estimate of drug-likeness (QED) is 0.0293. The molecule has 0 fully saturated rings. The monoisotopic (exact) mass is 1410 g/mol. The number of carbonyl (C=O) groups excluding carboxylic acids is 14. The second kappa shape index (κ2) is 42.8. The van der Waals surface area contributed by atoms with Crippen LogP contribution in [0.4, 0.5) is 0 Å². The molecule has 2 aromatic rings. The highest BCUT2D eigenvalue weighted by molar-refractivity contribution is 6.01. The average molecular weight is 1410 g/mol. The number of aliphatic carboxylic acids is 5. The summed E-state index contributed by atoms with van der Waals surface area (Å²) in [6.07, 6.45) is -8.25. The van der Waals surface area contributed by atoms with Crippen LogP contribution in [0.25, 0.3) is 0 Å². The molecule has 100 heavy (non-hydrogen) atoms. The van der Waals surface area contributed by atoms with E-state index < -0.39 is 256 Å². The summed E-state index contributed by atoms with van der Waals surface area (Å²) in [5, 5.41) is 83.2. The second-order valence-corrected chi connectivity index (χ2v) is 22.7. The zero-order valence-corrected chi connectivity index (χ0v) is 54.3. The summed E-state index contributed by atoms with van der Waals surface area (Å²) >= 11 is 0. The van der Waals surface area contributed by atoms with Crippen LogP contribution >= 0.6 is 0 Å². The summed E-state index contributed by atoms with van der Waals surface area (Å²) in [6, 6.07) is -3.69. The van der Waals surface area contributed by atoms with Gasteiger partial charge in [-0.25, -0.2) is 0 Å². The fraction of sp³-hybridized carbons (Fsp3) is 0.483. The molecule has 0 bridgehead atoms. The summed E-state index contributed by atoms with van der Waals surface area (Å²) in [5.74, 6) is -25.7. The van der Waals surface area contributed by atoms with Gasteiger partial charge in [0.2, 0.25) is 82.7 Å². The zero-order chi connectivity index (χ0) is 75.5. The molecule has 0 aliphatic heterocycles. The molecule has 0 saturated carbocycles.